The van der Waals surface area contributed by atoms with Crippen molar-refractivity contribution in [2.75, 3.05) is 4.90 Å². The van der Waals surface area contributed by atoms with Crippen LogP contribution in [0.25, 0.3) is 0 Å². The van der Waals surface area contributed by atoms with Crippen LogP contribution >= 0.6 is 0 Å². The van der Waals surface area contributed by atoms with Gasteiger partial charge in [-0.25, -0.2) is 0 Å². The van der Waals surface area contributed by atoms with Crippen molar-refractivity contribution in [3.05, 3.63) is 30.3 Å². The van der Waals surface area contributed by atoms with E-state index in [9.17, 15) is 19.6 Å². The Kier molecular flexibility index (Phi) is 5.47. The topological polar surface area (TPSA) is 116 Å². The molecule has 1 aliphatic heterocycles. The molecule has 1 saturated heterocycles. The normalized spacial score (nSPS) is 18.2. The number of amides is 3. The molecular formula is C19H24N4O3. The van der Waals surface area contributed by atoms with E-state index in [2.05, 4.69) is 5.32 Å². The number of hydrogen-bond donors (Lipinski definition) is 2. The summed E-state index contributed by atoms with van der Waals surface area (Å²) in [6.45, 7) is 5.85. The highest BCUT2D eigenvalue weighted by Gasteiger charge is 2.46. The SMILES string of the molecule is CC(C)(C)CC(N)C(=O)NC1(C#N)CC(=O)N(c2ccccc2)C(=O)C1. The van der Waals surface area contributed by atoms with Gasteiger partial charge in [0.2, 0.25) is 17.7 Å². The standard InChI is InChI=1S/C19H24N4O3/c1-18(2,3)9-14(21)17(26)22-19(12-20)10-15(24)23(16(25)11-19)13-7-5-4-6-8-13/h4-8,14H,9-11,21H2,1-3H3,(H,22,26). The summed E-state index contributed by atoms with van der Waals surface area (Å²) < 4.78 is 0. The second kappa shape index (κ2) is 7.26. The summed E-state index contributed by atoms with van der Waals surface area (Å²) in [5, 5.41) is 12.1. The predicted octanol–water partition coefficient (Wildman–Crippen LogP) is 1.48. The van der Waals surface area contributed by atoms with E-state index in [1.807, 2.05) is 26.8 Å². The number of nitriles is 1. The van der Waals surface area contributed by atoms with E-state index < -0.39 is 29.3 Å². The van der Waals surface area contributed by atoms with Gasteiger partial charge in [0.25, 0.3) is 0 Å². The number of anilines is 1. The molecule has 1 aliphatic rings. The number of imide groups is 1. The summed E-state index contributed by atoms with van der Waals surface area (Å²) in [7, 11) is 0. The maximum Gasteiger partial charge on any atom is 0.238 e. The van der Waals surface area contributed by atoms with Crippen LogP contribution in [0.2, 0.25) is 0 Å². The van der Waals surface area contributed by atoms with Crippen molar-refractivity contribution < 1.29 is 14.4 Å². The van der Waals surface area contributed by atoms with E-state index in [0.29, 0.717) is 12.1 Å². The van der Waals surface area contributed by atoms with Crippen LogP contribution in [0.4, 0.5) is 5.69 Å². The van der Waals surface area contributed by atoms with Crippen LogP contribution in [0, 0.1) is 16.7 Å². The van der Waals surface area contributed by atoms with Gasteiger partial charge in [0, 0.05) is 0 Å². The summed E-state index contributed by atoms with van der Waals surface area (Å²) in [5.74, 6) is -1.59. The Morgan fingerprint density at radius 1 is 1.27 bits per heavy atom. The van der Waals surface area contributed by atoms with Gasteiger partial charge in [0.15, 0.2) is 0 Å². The number of hydrogen-bond acceptors (Lipinski definition) is 5. The van der Waals surface area contributed by atoms with E-state index in [1.165, 1.54) is 0 Å². The van der Waals surface area contributed by atoms with Crippen LogP contribution in [-0.4, -0.2) is 29.3 Å². The molecule has 0 aliphatic carbocycles. The number of nitrogens with zero attached hydrogens (tertiary/aromatic N) is 2. The average molecular weight is 356 g/mol. The summed E-state index contributed by atoms with van der Waals surface area (Å²) in [6.07, 6.45) is -0.144. The summed E-state index contributed by atoms with van der Waals surface area (Å²) in [5.41, 5.74) is 4.64. The number of carbonyl (C=O) groups is 3. The molecule has 1 heterocycles. The zero-order valence-corrected chi connectivity index (χ0v) is 15.3. The molecule has 3 amide bonds. The molecule has 26 heavy (non-hydrogen) atoms. The maximum absolute atomic E-state index is 12.5. The molecule has 1 unspecified atom stereocenters. The molecular weight excluding hydrogens is 332 g/mol. The zero-order chi connectivity index (χ0) is 19.5. The Morgan fingerprint density at radius 3 is 2.27 bits per heavy atom. The van der Waals surface area contributed by atoms with Crippen LogP contribution in [0.15, 0.2) is 30.3 Å². The van der Waals surface area contributed by atoms with E-state index in [4.69, 9.17) is 5.73 Å². The van der Waals surface area contributed by atoms with Gasteiger partial charge in [-0.2, -0.15) is 5.26 Å². The lowest BCUT2D eigenvalue weighted by molar-refractivity contribution is -0.132. The van der Waals surface area contributed by atoms with Crippen molar-refractivity contribution in [1.29, 1.82) is 5.26 Å². The lowest BCUT2D eigenvalue weighted by Crippen LogP contribution is -2.61. The fourth-order valence-electron chi connectivity index (χ4n) is 3.02. The maximum atomic E-state index is 12.5. The number of rotatable bonds is 4. The minimum absolute atomic E-state index is 0.168. The Morgan fingerprint density at radius 2 is 1.81 bits per heavy atom. The van der Waals surface area contributed by atoms with Gasteiger partial charge in [0.1, 0.15) is 5.54 Å². The summed E-state index contributed by atoms with van der Waals surface area (Å²) in [4.78, 5) is 38.5. The summed E-state index contributed by atoms with van der Waals surface area (Å²) in [6, 6.07) is 9.62. The Labute approximate surface area is 153 Å². The van der Waals surface area contributed by atoms with Gasteiger partial charge < -0.3 is 11.1 Å². The number of piperidine rings is 1. The van der Waals surface area contributed by atoms with Crippen molar-refractivity contribution >= 4 is 23.4 Å². The monoisotopic (exact) mass is 356 g/mol. The van der Waals surface area contributed by atoms with Crippen molar-refractivity contribution in [3.8, 4) is 6.07 Å². The van der Waals surface area contributed by atoms with Gasteiger partial charge in [-0.15, -0.1) is 0 Å². The third-order valence-corrected chi connectivity index (χ3v) is 4.16. The third-order valence-electron chi connectivity index (χ3n) is 4.16. The lowest BCUT2D eigenvalue weighted by atomic mass is 9.85. The molecule has 0 saturated carbocycles. The minimum atomic E-state index is -1.56. The first-order valence-corrected chi connectivity index (χ1v) is 8.47. The van der Waals surface area contributed by atoms with Crippen LogP contribution in [0.5, 0.6) is 0 Å². The largest absolute Gasteiger partial charge is 0.336 e. The van der Waals surface area contributed by atoms with Crippen LogP contribution in [0.3, 0.4) is 0 Å². The molecule has 7 nitrogen and oxygen atoms in total. The average Bonchev–Trinajstić information content (AvgIpc) is 2.53. The van der Waals surface area contributed by atoms with Crippen molar-refractivity contribution in [2.24, 2.45) is 11.1 Å². The summed E-state index contributed by atoms with van der Waals surface area (Å²) >= 11 is 0. The quantitative estimate of drug-likeness (QED) is 0.793. The molecule has 0 bridgehead atoms. The van der Waals surface area contributed by atoms with E-state index >= 15 is 0 Å². The number of nitrogens with one attached hydrogen (secondary N) is 1. The minimum Gasteiger partial charge on any atom is -0.336 e. The van der Waals surface area contributed by atoms with Crippen molar-refractivity contribution in [1.82, 2.24) is 5.32 Å². The van der Waals surface area contributed by atoms with Gasteiger partial charge in [-0.05, 0) is 24.0 Å². The predicted molar refractivity (Wildman–Crippen MR) is 96.7 cm³/mol. The Bertz CT molecular complexity index is 728. The van der Waals surface area contributed by atoms with E-state index in [-0.39, 0.29) is 18.3 Å². The third kappa shape index (κ3) is 4.46. The highest BCUT2D eigenvalue weighted by molar-refractivity contribution is 6.18. The highest BCUT2D eigenvalue weighted by atomic mass is 16.2. The lowest BCUT2D eigenvalue weighted by Gasteiger charge is -2.36. The number of carbonyl (C=O) groups excluding carboxylic acids is 3. The Hall–Kier alpha value is -2.72. The fourth-order valence-corrected chi connectivity index (χ4v) is 3.02. The first kappa shape index (κ1) is 19.6. The number of nitrogens with two attached hydrogens (primary N) is 1. The first-order chi connectivity index (χ1) is 12.1. The molecule has 0 radical (unpaired) electrons. The van der Waals surface area contributed by atoms with Gasteiger partial charge in [-0.1, -0.05) is 39.0 Å². The Balaban J connectivity index is 2.16. The number of para-hydroxylation sites is 1. The van der Waals surface area contributed by atoms with Gasteiger partial charge >= 0.3 is 0 Å². The first-order valence-electron chi connectivity index (χ1n) is 8.47. The zero-order valence-electron chi connectivity index (χ0n) is 15.3. The fraction of sp³-hybridized carbons (Fsp3) is 0.474. The molecule has 7 heteroatoms. The van der Waals surface area contributed by atoms with Crippen molar-refractivity contribution in [2.45, 2.75) is 51.6 Å². The number of benzene rings is 1. The highest BCUT2D eigenvalue weighted by Crippen LogP contribution is 2.28. The van der Waals surface area contributed by atoms with Crippen molar-refractivity contribution in [3.63, 3.8) is 0 Å². The molecule has 1 aromatic carbocycles. The smallest absolute Gasteiger partial charge is 0.238 e. The van der Waals surface area contributed by atoms with Crippen LogP contribution in [-0.2, 0) is 14.4 Å². The van der Waals surface area contributed by atoms with E-state index in [0.717, 1.165) is 4.90 Å². The molecule has 2 rings (SSSR count). The molecule has 138 valence electrons. The van der Waals surface area contributed by atoms with Gasteiger partial charge in [-0.3, -0.25) is 19.3 Å². The molecule has 3 N–H and O–H groups in total. The molecule has 1 atom stereocenters. The molecule has 1 fully saturated rings. The van der Waals surface area contributed by atoms with Crippen LogP contribution < -0.4 is 16.0 Å². The molecule has 1 aromatic rings. The molecule has 0 spiro atoms. The second-order valence-electron chi connectivity index (χ2n) is 7.87. The van der Waals surface area contributed by atoms with E-state index in [1.54, 1.807) is 30.3 Å². The van der Waals surface area contributed by atoms with Gasteiger partial charge in [0.05, 0.1) is 30.6 Å². The second-order valence-corrected chi connectivity index (χ2v) is 7.87. The van der Waals surface area contributed by atoms with Crippen LogP contribution in [0.1, 0.15) is 40.0 Å². The molecule has 0 aromatic heterocycles.